The van der Waals surface area contributed by atoms with Crippen LogP contribution < -0.4 is 0 Å². The Morgan fingerprint density at radius 3 is 2.57 bits per heavy atom. The van der Waals surface area contributed by atoms with E-state index in [-0.39, 0.29) is 5.91 Å². The molecule has 3 rings (SSSR count). The molecular weight excluding hydrogens is 266 g/mol. The van der Waals surface area contributed by atoms with Gasteiger partial charge in [0.25, 0.3) is 0 Å². The van der Waals surface area contributed by atoms with Crippen molar-refractivity contribution in [2.75, 3.05) is 6.54 Å². The van der Waals surface area contributed by atoms with Gasteiger partial charge in [-0.25, -0.2) is 9.97 Å². The summed E-state index contributed by atoms with van der Waals surface area (Å²) in [5.74, 6) is 0.198. The maximum absolute atomic E-state index is 12.5. The zero-order valence-electron chi connectivity index (χ0n) is 12.1. The molecule has 0 aromatic carbocycles. The number of carbonyl (C=O) groups is 1. The molecule has 6 nitrogen and oxygen atoms in total. The molecule has 0 aliphatic carbocycles. The van der Waals surface area contributed by atoms with Crippen molar-refractivity contribution in [1.29, 1.82) is 0 Å². The van der Waals surface area contributed by atoms with E-state index in [9.17, 15) is 4.79 Å². The van der Waals surface area contributed by atoms with Crippen molar-refractivity contribution in [3.05, 3.63) is 37.4 Å². The predicted molar refractivity (Wildman–Crippen MR) is 78.4 cm³/mol. The molecule has 0 spiro atoms. The van der Waals surface area contributed by atoms with E-state index in [2.05, 4.69) is 19.4 Å². The van der Waals surface area contributed by atoms with E-state index >= 15 is 0 Å². The topological polar surface area (TPSA) is 56.0 Å². The molecule has 21 heavy (non-hydrogen) atoms. The highest BCUT2D eigenvalue weighted by Crippen LogP contribution is 2.20. The fourth-order valence-corrected chi connectivity index (χ4v) is 2.97. The summed E-state index contributed by atoms with van der Waals surface area (Å²) in [6.07, 6.45) is 15.3. The minimum Gasteiger partial charge on any atom is -0.338 e. The van der Waals surface area contributed by atoms with Crippen molar-refractivity contribution >= 4 is 5.91 Å². The van der Waals surface area contributed by atoms with E-state index in [4.69, 9.17) is 0 Å². The van der Waals surface area contributed by atoms with Gasteiger partial charge in [0.05, 0.1) is 12.7 Å². The van der Waals surface area contributed by atoms with Crippen LogP contribution in [0.2, 0.25) is 0 Å². The molecule has 6 heteroatoms. The lowest BCUT2D eigenvalue weighted by Gasteiger charge is -2.36. The van der Waals surface area contributed by atoms with Crippen LogP contribution >= 0.6 is 0 Å². The highest BCUT2D eigenvalue weighted by Gasteiger charge is 2.26. The molecule has 1 unspecified atom stereocenters. The van der Waals surface area contributed by atoms with Crippen molar-refractivity contribution in [3.8, 4) is 0 Å². The van der Waals surface area contributed by atoms with Crippen LogP contribution in [0.4, 0.5) is 0 Å². The quantitative estimate of drug-likeness (QED) is 0.838. The van der Waals surface area contributed by atoms with Gasteiger partial charge in [-0.2, -0.15) is 0 Å². The average Bonchev–Trinajstić information content (AvgIpc) is 3.18. The van der Waals surface area contributed by atoms with Gasteiger partial charge in [-0.3, -0.25) is 4.79 Å². The number of amides is 1. The first-order valence-corrected chi connectivity index (χ1v) is 7.54. The zero-order valence-corrected chi connectivity index (χ0v) is 12.1. The molecule has 2 aromatic heterocycles. The molecule has 2 aromatic rings. The van der Waals surface area contributed by atoms with Crippen LogP contribution in [0.1, 0.15) is 25.7 Å². The summed E-state index contributed by atoms with van der Waals surface area (Å²) in [6.45, 7) is 2.18. The summed E-state index contributed by atoms with van der Waals surface area (Å²) in [5.41, 5.74) is 0. The van der Waals surface area contributed by atoms with Crippen LogP contribution in [0.15, 0.2) is 37.4 Å². The van der Waals surface area contributed by atoms with Crippen LogP contribution in [-0.2, 0) is 17.9 Å². The molecule has 0 radical (unpaired) electrons. The minimum absolute atomic E-state index is 0.198. The number of imidazole rings is 2. The van der Waals surface area contributed by atoms with Gasteiger partial charge in [-0.15, -0.1) is 0 Å². The third-order valence-corrected chi connectivity index (χ3v) is 4.10. The number of piperidine rings is 1. The molecule has 1 aliphatic heterocycles. The molecule has 0 N–H and O–H groups in total. The van der Waals surface area contributed by atoms with E-state index in [1.807, 2.05) is 23.3 Å². The summed E-state index contributed by atoms with van der Waals surface area (Å²) in [5, 5.41) is 0. The number of carbonyl (C=O) groups excluding carboxylic acids is 1. The fourth-order valence-electron chi connectivity index (χ4n) is 2.97. The van der Waals surface area contributed by atoms with E-state index in [1.54, 1.807) is 18.7 Å². The lowest BCUT2D eigenvalue weighted by Crippen LogP contribution is -2.45. The molecule has 1 saturated heterocycles. The summed E-state index contributed by atoms with van der Waals surface area (Å²) in [6, 6.07) is 0.345. The summed E-state index contributed by atoms with van der Waals surface area (Å²) >= 11 is 0. The van der Waals surface area contributed by atoms with Crippen LogP contribution in [0.3, 0.4) is 0 Å². The van der Waals surface area contributed by atoms with Gasteiger partial charge in [0.1, 0.15) is 6.54 Å². The predicted octanol–water partition coefficient (Wildman–Crippen LogP) is 1.55. The Hall–Kier alpha value is -2.11. The van der Waals surface area contributed by atoms with E-state index in [0.717, 1.165) is 32.4 Å². The Balaban J connectivity index is 1.59. The third-order valence-electron chi connectivity index (χ3n) is 4.10. The number of hydrogen-bond acceptors (Lipinski definition) is 3. The lowest BCUT2D eigenvalue weighted by atomic mass is 9.99. The SMILES string of the molecule is O=C(Cn1ccnc1)N1CCCCC1CCn1ccnc1. The zero-order chi connectivity index (χ0) is 14.5. The standard InChI is InChI=1S/C15H21N5O/c21-15(11-19-10-6-17-13-19)20-7-2-1-3-14(20)4-8-18-9-5-16-12-18/h5-6,9-10,12-14H,1-4,7-8,11H2. The van der Waals surface area contributed by atoms with Gasteiger partial charge in [0.15, 0.2) is 0 Å². The second kappa shape index (κ2) is 6.56. The molecule has 112 valence electrons. The smallest absolute Gasteiger partial charge is 0.242 e. The van der Waals surface area contributed by atoms with Crippen molar-refractivity contribution in [3.63, 3.8) is 0 Å². The third kappa shape index (κ3) is 3.51. The Morgan fingerprint density at radius 1 is 1.10 bits per heavy atom. The Labute approximate surface area is 124 Å². The van der Waals surface area contributed by atoms with Gasteiger partial charge >= 0.3 is 0 Å². The van der Waals surface area contributed by atoms with E-state index < -0.39 is 0 Å². The van der Waals surface area contributed by atoms with Gasteiger partial charge in [0, 0.05) is 43.9 Å². The summed E-state index contributed by atoms with van der Waals surface area (Å²) in [7, 11) is 0. The van der Waals surface area contributed by atoms with Gasteiger partial charge in [-0.1, -0.05) is 0 Å². The molecule has 1 amide bonds. The van der Waals surface area contributed by atoms with Crippen molar-refractivity contribution in [2.24, 2.45) is 0 Å². The number of likely N-dealkylation sites (tertiary alicyclic amines) is 1. The Kier molecular flexibility index (Phi) is 4.33. The van der Waals surface area contributed by atoms with Crippen molar-refractivity contribution in [2.45, 2.75) is 44.8 Å². The second-order valence-corrected chi connectivity index (χ2v) is 5.56. The number of nitrogens with zero attached hydrogens (tertiary/aromatic N) is 5. The first-order valence-electron chi connectivity index (χ1n) is 7.54. The highest BCUT2D eigenvalue weighted by atomic mass is 16.2. The van der Waals surface area contributed by atoms with Crippen LogP contribution in [-0.4, -0.2) is 42.5 Å². The van der Waals surface area contributed by atoms with Gasteiger partial charge in [0.2, 0.25) is 5.91 Å². The first-order chi connectivity index (χ1) is 10.3. The van der Waals surface area contributed by atoms with Gasteiger partial charge in [-0.05, 0) is 25.7 Å². The molecule has 1 fully saturated rings. The van der Waals surface area contributed by atoms with E-state index in [0.29, 0.717) is 12.6 Å². The number of hydrogen-bond donors (Lipinski definition) is 0. The summed E-state index contributed by atoms with van der Waals surface area (Å²) < 4.78 is 3.91. The largest absolute Gasteiger partial charge is 0.338 e. The second-order valence-electron chi connectivity index (χ2n) is 5.56. The average molecular weight is 287 g/mol. The van der Waals surface area contributed by atoms with Crippen LogP contribution in [0.5, 0.6) is 0 Å². The molecule has 3 heterocycles. The number of rotatable bonds is 5. The maximum atomic E-state index is 12.5. The van der Waals surface area contributed by atoms with Crippen LogP contribution in [0.25, 0.3) is 0 Å². The molecule has 0 bridgehead atoms. The normalized spacial score (nSPS) is 18.9. The highest BCUT2D eigenvalue weighted by molar-refractivity contribution is 5.76. The minimum atomic E-state index is 0.198. The van der Waals surface area contributed by atoms with Crippen molar-refractivity contribution in [1.82, 2.24) is 24.0 Å². The fraction of sp³-hybridized carbons (Fsp3) is 0.533. The summed E-state index contributed by atoms with van der Waals surface area (Å²) in [4.78, 5) is 22.6. The molecule has 1 atom stereocenters. The Bertz CT molecular complexity index is 549. The van der Waals surface area contributed by atoms with E-state index in [1.165, 1.54) is 6.42 Å². The number of aryl methyl sites for hydroxylation is 1. The van der Waals surface area contributed by atoms with Crippen LogP contribution in [0, 0.1) is 0 Å². The Morgan fingerprint density at radius 2 is 1.86 bits per heavy atom. The number of aromatic nitrogens is 4. The molecular formula is C15H21N5O. The first kappa shape index (κ1) is 13.9. The molecule has 1 aliphatic rings. The maximum Gasteiger partial charge on any atom is 0.242 e. The van der Waals surface area contributed by atoms with Gasteiger partial charge < -0.3 is 14.0 Å². The monoisotopic (exact) mass is 287 g/mol. The lowest BCUT2D eigenvalue weighted by molar-refractivity contribution is -0.135. The van der Waals surface area contributed by atoms with Crippen molar-refractivity contribution < 1.29 is 4.79 Å². The molecule has 0 saturated carbocycles.